The molecule has 1 aliphatic rings. The normalized spacial score (nSPS) is 16.1. The summed E-state index contributed by atoms with van der Waals surface area (Å²) in [6.45, 7) is 9.49. The van der Waals surface area contributed by atoms with Gasteiger partial charge in [0.25, 0.3) is 0 Å². The molecule has 5 heteroatoms. The van der Waals surface area contributed by atoms with Crippen molar-refractivity contribution in [2.45, 2.75) is 26.8 Å². The number of para-hydroxylation sites is 3. The molecule has 1 heterocycles. The van der Waals surface area contributed by atoms with Gasteiger partial charge in [-0.05, 0) is 44.0 Å². The zero-order valence-corrected chi connectivity index (χ0v) is 16.7. The van der Waals surface area contributed by atoms with E-state index in [0.717, 1.165) is 54.4 Å². The van der Waals surface area contributed by atoms with E-state index in [0.29, 0.717) is 0 Å². The summed E-state index contributed by atoms with van der Waals surface area (Å²) in [7, 11) is 1.70. The summed E-state index contributed by atoms with van der Waals surface area (Å²) in [5.74, 6) is 0.949. The number of piperazine rings is 1. The number of rotatable bonds is 5. The van der Waals surface area contributed by atoms with Crippen LogP contribution >= 0.6 is 0 Å². The van der Waals surface area contributed by atoms with Crippen molar-refractivity contribution in [3.05, 3.63) is 53.6 Å². The third-order valence-electron chi connectivity index (χ3n) is 5.40. The van der Waals surface area contributed by atoms with Gasteiger partial charge in [-0.15, -0.1) is 0 Å². The first-order valence-corrected chi connectivity index (χ1v) is 9.50. The van der Waals surface area contributed by atoms with Crippen LogP contribution in [-0.2, 0) is 4.79 Å². The highest BCUT2D eigenvalue weighted by molar-refractivity contribution is 5.95. The number of aryl methyl sites for hydroxylation is 2. The number of ether oxygens (including phenoxy) is 1. The minimum Gasteiger partial charge on any atom is -0.495 e. The highest BCUT2D eigenvalue weighted by Gasteiger charge is 2.27. The van der Waals surface area contributed by atoms with Crippen LogP contribution in [0.25, 0.3) is 0 Å². The van der Waals surface area contributed by atoms with Crippen LogP contribution in [0.4, 0.5) is 11.4 Å². The van der Waals surface area contributed by atoms with Gasteiger partial charge in [-0.1, -0.05) is 30.3 Å². The van der Waals surface area contributed by atoms with Gasteiger partial charge in [0.1, 0.15) is 5.75 Å². The number of methoxy groups -OCH3 is 1. The average Bonchev–Trinajstić information content (AvgIpc) is 2.70. The van der Waals surface area contributed by atoms with Crippen molar-refractivity contribution in [3.8, 4) is 5.75 Å². The van der Waals surface area contributed by atoms with E-state index in [4.69, 9.17) is 4.74 Å². The fourth-order valence-corrected chi connectivity index (χ4v) is 3.65. The van der Waals surface area contributed by atoms with Crippen molar-refractivity contribution >= 4 is 17.3 Å². The maximum atomic E-state index is 12.8. The molecule has 1 atom stereocenters. The lowest BCUT2D eigenvalue weighted by Crippen LogP contribution is -2.53. The quantitative estimate of drug-likeness (QED) is 0.879. The lowest BCUT2D eigenvalue weighted by atomic mass is 10.1. The average molecular weight is 367 g/mol. The molecule has 3 rings (SSSR count). The molecular weight excluding hydrogens is 338 g/mol. The molecule has 0 radical (unpaired) electrons. The Bertz CT molecular complexity index is 778. The standard InChI is InChI=1S/C22H29N3O2/c1-16-8-7-9-17(2)21(16)23-22(26)18(3)24-12-14-25(15-13-24)19-10-5-6-11-20(19)27-4/h5-11,18H,12-15H2,1-4H3,(H,23,26). The Hall–Kier alpha value is -2.53. The zero-order chi connectivity index (χ0) is 19.4. The Labute approximate surface area is 161 Å². The molecule has 2 aromatic carbocycles. The van der Waals surface area contributed by atoms with E-state index in [1.165, 1.54) is 0 Å². The predicted molar refractivity (Wildman–Crippen MR) is 111 cm³/mol. The molecule has 0 spiro atoms. The first-order valence-electron chi connectivity index (χ1n) is 9.50. The fourth-order valence-electron chi connectivity index (χ4n) is 3.65. The van der Waals surface area contributed by atoms with Crippen LogP contribution in [0.15, 0.2) is 42.5 Å². The second-order valence-corrected chi connectivity index (χ2v) is 7.13. The molecule has 0 aliphatic carbocycles. The van der Waals surface area contributed by atoms with Crippen molar-refractivity contribution in [3.63, 3.8) is 0 Å². The molecule has 1 unspecified atom stereocenters. The lowest BCUT2D eigenvalue weighted by Gasteiger charge is -2.39. The number of carbonyl (C=O) groups excluding carboxylic acids is 1. The van der Waals surface area contributed by atoms with Gasteiger partial charge in [-0.25, -0.2) is 0 Å². The second kappa shape index (κ2) is 8.44. The van der Waals surface area contributed by atoms with Gasteiger partial charge in [0, 0.05) is 31.9 Å². The molecule has 0 saturated carbocycles. The molecular formula is C22H29N3O2. The second-order valence-electron chi connectivity index (χ2n) is 7.13. The van der Waals surface area contributed by atoms with E-state index in [-0.39, 0.29) is 11.9 Å². The van der Waals surface area contributed by atoms with Gasteiger partial charge in [0.2, 0.25) is 5.91 Å². The van der Waals surface area contributed by atoms with E-state index in [1.54, 1.807) is 7.11 Å². The predicted octanol–water partition coefficient (Wildman–Crippen LogP) is 3.46. The summed E-state index contributed by atoms with van der Waals surface area (Å²) in [5, 5.41) is 3.12. The van der Waals surface area contributed by atoms with Crippen molar-refractivity contribution < 1.29 is 9.53 Å². The third-order valence-corrected chi connectivity index (χ3v) is 5.40. The summed E-state index contributed by atoms with van der Waals surface area (Å²) in [5.41, 5.74) is 4.24. The number of nitrogens with one attached hydrogen (secondary N) is 1. The summed E-state index contributed by atoms with van der Waals surface area (Å²) in [6, 6.07) is 14.0. The van der Waals surface area contributed by atoms with Crippen LogP contribution in [0.1, 0.15) is 18.1 Å². The van der Waals surface area contributed by atoms with Crippen LogP contribution in [0, 0.1) is 13.8 Å². The van der Waals surface area contributed by atoms with E-state index >= 15 is 0 Å². The Kier molecular flexibility index (Phi) is 6.01. The minimum absolute atomic E-state index is 0.0538. The molecule has 144 valence electrons. The molecule has 0 bridgehead atoms. The zero-order valence-electron chi connectivity index (χ0n) is 16.7. The summed E-state index contributed by atoms with van der Waals surface area (Å²) >= 11 is 0. The number of hydrogen-bond acceptors (Lipinski definition) is 4. The van der Waals surface area contributed by atoms with Gasteiger partial charge in [0.05, 0.1) is 18.8 Å². The van der Waals surface area contributed by atoms with Crippen LogP contribution in [0.2, 0.25) is 0 Å². The monoisotopic (exact) mass is 367 g/mol. The first kappa shape index (κ1) is 19.2. The molecule has 2 aromatic rings. The van der Waals surface area contributed by atoms with Gasteiger partial charge >= 0.3 is 0 Å². The Morgan fingerprint density at radius 2 is 1.63 bits per heavy atom. The number of nitrogens with zero attached hydrogens (tertiary/aromatic N) is 2. The number of amides is 1. The molecule has 1 fully saturated rings. The van der Waals surface area contributed by atoms with Crippen LogP contribution in [-0.4, -0.2) is 50.1 Å². The van der Waals surface area contributed by atoms with E-state index < -0.39 is 0 Å². The fraction of sp³-hybridized carbons (Fsp3) is 0.409. The maximum absolute atomic E-state index is 12.8. The Balaban J connectivity index is 1.61. The lowest BCUT2D eigenvalue weighted by molar-refractivity contribution is -0.120. The number of hydrogen-bond donors (Lipinski definition) is 1. The highest BCUT2D eigenvalue weighted by Crippen LogP contribution is 2.28. The van der Waals surface area contributed by atoms with E-state index in [1.807, 2.05) is 57.2 Å². The summed E-state index contributed by atoms with van der Waals surface area (Å²) < 4.78 is 5.48. The molecule has 1 N–H and O–H groups in total. The third kappa shape index (κ3) is 4.25. The van der Waals surface area contributed by atoms with Crippen LogP contribution in [0.5, 0.6) is 5.75 Å². The number of carbonyl (C=O) groups is 1. The molecule has 1 saturated heterocycles. The molecule has 1 amide bonds. The molecule has 1 aliphatic heterocycles. The first-order chi connectivity index (χ1) is 13.0. The van der Waals surface area contributed by atoms with Crippen LogP contribution < -0.4 is 15.0 Å². The number of benzene rings is 2. The van der Waals surface area contributed by atoms with Gasteiger partial charge in [0.15, 0.2) is 0 Å². The molecule has 0 aromatic heterocycles. The van der Waals surface area contributed by atoms with Crippen molar-refractivity contribution in [2.24, 2.45) is 0 Å². The van der Waals surface area contributed by atoms with Gasteiger partial charge in [-0.2, -0.15) is 0 Å². The summed E-state index contributed by atoms with van der Waals surface area (Å²) in [4.78, 5) is 17.4. The Morgan fingerprint density at radius 1 is 1.00 bits per heavy atom. The van der Waals surface area contributed by atoms with E-state index in [2.05, 4.69) is 21.2 Å². The van der Waals surface area contributed by atoms with Crippen LogP contribution in [0.3, 0.4) is 0 Å². The van der Waals surface area contributed by atoms with Crippen molar-refractivity contribution in [1.82, 2.24) is 4.90 Å². The smallest absolute Gasteiger partial charge is 0.241 e. The minimum atomic E-state index is -0.163. The highest BCUT2D eigenvalue weighted by atomic mass is 16.5. The number of anilines is 2. The van der Waals surface area contributed by atoms with Crippen molar-refractivity contribution in [2.75, 3.05) is 43.5 Å². The molecule has 5 nitrogen and oxygen atoms in total. The largest absolute Gasteiger partial charge is 0.495 e. The maximum Gasteiger partial charge on any atom is 0.241 e. The molecule has 27 heavy (non-hydrogen) atoms. The van der Waals surface area contributed by atoms with E-state index in [9.17, 15) is 4.79 Å². The van der Waals surface area contributed by atoms with Crippen molar-refractivity contribution in [1.29, 1.82) is 0 Å². The topological polar surface area (TPSA) is 44.8 Å². The van der Waals surface area contributed by atoms with Gasteiger partial charge in [-0.3, -0.25) is 9.69 Å². The summed E-state index contributed by atoms with van der Waals surface area (Å²) in [6.07, 6.45) is 0. The Morgan fingerprint density at radius 3 is 2.26 bits per heavy atom. The van der Waals surface area contributed by atoms with Gasteiger partial charge < -0.3 is 15.0 Å². The SMILES string of the molecule is COc1ccccc1N1CCN(C(C)C(=O)Nc2c(C)cccc2C)CC1.